The highest BCUT2D eigenvalue weighted by Crippen LogP contribution is 2.35. The number of ether oxygens (including phenoxy) is 1. The molecule has 0 unspecified atom stereocenters. The third-order valence-electron chi connectivity index (χ3n) is 4.18. The molecule has 5 nitrogen and oxygen atoms in total. The topological polar surface area (TPSA) is 58.6 Å². The number of amides is 3. The van der Waals surface area contributed by atoms with Crippen molar-refractivity contribution >= 4 is 35.1 Å². The Bertz CT molecular complexity index is 595. The molecular formula is C15H16Cl2N2O3. The Morgan fingerprint density at radius 3 is 2.45 bits per heavy atom. The van der Waals surface area contributed by atoms with Crippen LogP contribution < -0.4 is 10.1 Å². The molecule has 3 rings (SSSR count). The summed E-state index contributed by atoms with van der Waals surface area (Å²) in [4.78, 5) is 25.7. The van der Waals surface area contributed by atoms with E-state index in [0.717, 1.165) is 12.8 Å². The zero-order chi connectivity index (χ0) is 15.7. The van der Waals surface area contributed by atoms with Crippen LogP contribution in [0.4, 0.5) is 4.79 Å². The molecule has 1 aliphatic heterocycles. The van der Waals surface area contributed by atoms with Gasteiger partial charge >= 0.3 is 6.03 Å². The first-order valence-corrected chi connectivity index (χ1v) is 8.00. The molecule has 118 valence electrons. The molecule has 1 aliphatic carbocycles. The Morgan fingerprint density at radius 1 is 1.18 bits per heavy atom. The summed E-state index contributed by atoms with van der Waals surface area (Å²) in [6.45, 7) is 0.326. The van der Waals surface area contributed by atoms with Gasteiger partial charge in [-0.15, -0.1) is 0 Å². The smallest absolute Gasteiger partial charge is 0.325 e. The van der Waals surface area contributed by atoms with Gasteiger partial charge in [-0.3, -0.25) is 9.69 Å². The molecule has 7 heteroatoms. The number of hydrogen-bond acceptors (Lipinski definition) is 3. The summed E-state index contributed by atoms with van der Waals surface area (Å²) < 4.78 is 5.54. The molecule has 1 spiro atoms. The molecular weight excluding hydrogens is 327 g/mol. The summed E-state index contributed by atoms with van der Waals surface area (Å²) in [6.07, 6.45) is 3.35. The second-order valence-electron chi connectivity index (χ2n) is 5.58. The van der Waals surface area contributed by atoms with Gasteiger partial charge in [0, 0.05) is 0 Å². The summed E-state index contributed by atoms with van der Waals surface area (Å²) in [6, 6.07) is 4.72. The number of hydrogen-bond donors (Lipinski definition) is 1. The highest BCUT2D eigenvalue weighted by molar-refractivity contribution is 6.37. The van der Waals surface area contributed by atoms with E-state index in [1.54, 1.807) is 18.2 Å². The van der Waals surface area contributed by atoms with Crippen LogP contribution in [-0.4, -0.2) is 35.5 Å². The van der Waals surface area contributed by atoms with Gasteiger partial charge in [-0.25, -0.2) is 4.79 Å². The maximum absolute atomic E-state index is 12.5. The quantitative estimate of drug-likeness (QED) is 0.854. The first kappa shape index (κ1) is 15.4. The number of nitrogens with zero attached hydrogens (tertiary/aromatic N) is 1. The summed E-state index contributed by atoms with van der Waals surface area (Å²) in [5, 5.41) is 3.63. The largest absolute Gasteiger partial charge is 0.489 e. The van der Waals surface area contributed by atoms with E-state index in [2.05, 4.69) is 5.32 Å². The summed E-state index contributed by atoms with van der Waals surface area (Å²) in [7, 11) is 0. The van der Waals surface area contributed by atoms with Crippen LogP contribution in [0.15, 0.2) is 18.2 Å². The molecule has 2 fully saturated rings. The zero-order valence-electron chi connectivity index (χ0n) is 11.9. The van der Waals surface area contributed by atoms with Crippen LogP contribution in [0.25, 0.3) is 0 Å². The maximum Gasteiger partial charge on any atom is 0.325 e. The molecule has 1 aromatic rings. The number of para-hydroxylation sites is 1. The van der Waals surface area contributed by atoms with Crippen LogP contribution in [0.1, 0.15) is 25.7 Å². The Balaban J connectivity index is 1.62. The Morgan fingerprint density at radius 2 is 1.82 bits per heavy atom. The molecule has 1 aromatic carbocycles. The predicted molar refractivity (Wildman–Crippen MR) is 83.4 cm³/mol. The molecule has 0 bridgehead atoms. The summed E-state index contributed by atoms with van der Waals surface area (Å²) in [5.74, 6) is 0.220. The fraction of sp³-hybridized carbons (Fsp3) is 0.467. The van der Waals surface area contributed by atoms with Crippen LogP contribution >= 0.6 is 23.2 Å². The SMILES string of the molecule is O=C1NC2(CCCC2)C(=O)N1CCOc1c(Cl)cccc1Cl. The normalized spacial score (nSPS) is 19.8. The Hall–Kier alpha value is -1.46. The molecule has 1 N–H and O–H groups in total. The van der Waals surface area contributed by atoms with Crippen LogP contribution in [0.3, 0.4) is 0 Å². The summed E-state index contributed by atoms with van der Waals surface area (Å²) in [5.41, 5.74) is -0.681. The van der Waals surface area contributed by atoms with Crippen molar-refractivity contribution in [3.05, 3.63) is 28.2 Å². The molecule has 1 saturated carbocycles. The molecule has 22 heavy (non-hydrogen) atoms. The van der Waals surface area contributed by atoms with E-state index < -0.39 is 5.54 Å². The molecule has 0 aromatic heterocycles. The average molecular weight is 343 g/mol. The first-order chi connectivity index (χ1) is 10.5. The van der Waals surface area contributed by atoms with Gasteiger partial charge in [-0.05, 0) is 25.0 Å². The van der Waals surface area contributed by atoms with Gasteiger partial charge < -0.3 is 10.1 Å². The molecule has 0 atom stereocenters. The van der Waals surface area contributed by atoms with Gasteiger partial charge in [0.25, 0.3) is 5.91 Å². The minimum atomic E-state index is -0.681. The van der Waals surface area contributed by atoms with Crippen LogP contribution in [0.2, 0.25) is 10.0 Å². The fourth-order valence-corrected chi connectivity index (χ4v) is 3.56. The van der Waals surface area contributed by atoms with E-state index >= 15 is 0 Å². The molecule has 1 heterocycles. The van der Waals surface area contributed by atoms with Gasteiger partial charge in [0.2, 0.25) is 0 Å². The highest BCUT2D eigenvalue weighted by atomic mass is 35.5. The lowest BCUT2D eigenvalue weighted by Crippen LogP contribution is -2.44. The van der Waals surface area contributed by atoms with Crippen LogP contribution in [-0.2, 0) is 4.79 Å². The molecule has 1 saturated heterocycles. The third-order valence-corrected chi connectivity index (χ3v) is 4.78. The van der Waals surface area contributed by atoms with Crippen molar-refractivity contribution in [2.75, 3.05) is 13.2 Å². The zero-order valence-corrected chi connectivity index (χ0v) is 13.4. The second kappa shape index (κ2) is 5.97. The van der Waals surface area contributed by atoms with Gasteiger partial charge in [0.1, 0.15) is 12.1 Å². The highest BCUT2D eigenvalue weighted by Gasteiger charge is 2.52. The standard InChI is InChI=1S/C15H16Cl2N2O3/c16-10-4-3-5-11(17)12(10)22-9-8-19-13(20)15(18-14(19)21)6-1-2-7-15/h3-5H,1-2,6-9H2,(H,18,21). The van der Waals surface area contributed by atoms with Gasteiger partial charge in [0.05, 0.1) is 16.6 Å². The Kier molecular flexibility index (Phi) is 4.19. The van der Waals surface area contributed by atoms with Gasteiger partial charge in [-0.2, -0.15) is 0 Å². The molecule has 0 radical (unpaired) electrons. The van der Waals surface area contributed by atoms with Crippen molar-refractivity contribution in [1.82, 2.24) is 10.2 Å². The molecule has 3 amide bonds. The predicted octanol–water partition coefficient (Wildman–Crippen LogP) is 3.24. The lowest BCUT2D eigenvalue weighted by atomic mass is 9.98. The number of carbonyl (C=O) groups excluding carboxylic acids is 2. The maximum atomic E-state index is 12.5. The van der Waals surface area contributed by atoms with Crippen LogP contribution in [0, 0.1) is 0 Å². The number of rotatable bonds is 4. The number of imide groups is 1. The van der Waals surface area contributed by atoms with Crippen molar-refractivity contribution in [1.29, 1.82) is 0 Å². The molecule has 2 aliphatic rings. The van der Waals surface area contributed by atoms with E-state index in [1.165, 1.54) is 4.90 Å². The van der Waals surface area contributed by atoms with Crippen molar-refractivity contribution < 1.29 is 14.3 Å². The van der Waals surface area contributed by atoms with Crippen molar-refractivity contribution in [3.8, 4) is 5.75 Å². The number of halogens is 2. The minimum Gasteiger partial charge on any atom is -0.489 e. The second-order valence-corrected chi connectivity index (χ2v) is 6.39. The minimum absolute atomic E-state index is 0.149. The van der Waals surface area contributed by atoms with E-state index in [9.17, 15) is 9.59 Å². The average Bonchev–Trinajstić information content (AvgIpc) is 3.03. The summed E-state index contributed by atoms with van der Waals surface area (Å²) >= 11 is 12.0. The number of nitrogens with one attached hydrogen (secondary N) is 1. The monoisotopic (exact) mass is 342 g/mol. The number of benzene rings is 1. The Labute approximate surface area is 138 Å². The van der Waals surface area contributed by atoms with E-state index in [0.29, 0.717) is 28.6 Å². The van der Waals surface area contributed by atoms with E-state index in [-0.39, 0.29) is 25.1 Å². The third kappa shape index (κ3) is 2.63. The lowest BCUT2D eigenvalue weighted by Gasteiger charge is -2.20. The van der Waals surface area contributed by atoms with Crippen LogP contribution in [0.5, 0.6) is 5.75 Å². The van der Waals surface area contributed by atoms with E-state index in [1.807, 2.05) is 0 Å². The van der Waals surface area contributed by atoms with Crippen molar-refractivity contribution in [2.45, 2.75) is 31.2 Å². The number of carbonyl (C=O) groups is 2. The van der Waals surface area contributed by atoms with Crippen molar-refractivity contribution in [2.24, 2.45) is 0 Å². The van der Waals surface area contributed by atoms with Gasteiger partial charge in [0.15, 0.2) is 5.75 Å². The first-order valence-electron chi connectivity index (χ1n) is 7.24. The number of urea groups is 1. The lowest BCUT2D eigenvalue weighted by molar-refractivity contribution is -0.131. The van der Waals surface area contributed by atoms with E-state index in [4.69, 9.17) is 27.9 Å². The van der Waals surface area contributed by atoms with Gasteiger partial charge in [-0.1, -0.05) is 42.1 Å². The fourth-order valence-electron chi connectivity index (χ4n) is 3.06. The van der Waals surface area contributed by atoms with Crippen molar-refractivity contribution in [3.63, 3.8) is 0 Å².